The number of carbonyl (C=O) groups is 1. The topological polar surface area (TPSA) is 61.6 Å². The molecule has 2 aliphatic heterocycles. The van der Waals surface area contributed by atoms with Crippen LogP contribution >= 0.6 is 0 Å². The van der Waals surface area contributed by atoms with Gasteiger partial charge in [-0.15, -0.1) is 0 Å². The molecule has 2 heterocycles. The second-order valence-corrected chi connectivity index (χ2v) is 7.68. The quantitative estimate of drug-likeness (QED) is 0.814. The van der Waals surface area contributed by atoms with Gasteiger partial charge in [0.05, 0.1) is 5.54 Å². The van der Waals surface area contributed by atoms with Gasteiger partial charge in [-0.05, 0) is 58.7 Å². The van der Waals surface area contributed by atoms with Gasteiger partial charge in [0.15, 0.2) is 0 Å². The zero-order valence-electron chi connectivity index (χ0n) is 14.0. The highest BCUT2D eigenvalue weighted by atomic mass is 16.2. The Balaban J connectivity index is 1.43. The molecule has 0 spiro atoms. The Morgan fingerprint density at radius 1 is 1.05 bits per heavy atom. The number of hydrogen-bond acceptors (Lipinski definition) is 4. The van der Waals surface area contributed by atoms with E-state index in [4.69, 9.17) is 5.73 Å². The molecule has 0 aromatic heterocycles. The van der Waals surface area contributed by atoms with Crippen LogP contribution in [0.1, 0.15) is 51.4 Å². The van der Waals surface area contributed by atoms with E-state index in [0.717, 1.165) is 57.7 Å². The third kappa shape index (κ3) is 3.63. The molecule has 0 aromatic carbocycles. The molecule has 3 aliphatic rings. The van der Waals surface area contributed by atoms with E-state index in [1.165, 1.54) is 25.9 Å². The molecule has 0 radical (unpaired) electrons. The number of piperidine rings is 2. The lowest BCUT2D eigenvalue weighted by molar-refractivity contribution is -0.127. The number of amides is 1. The van der Waals surface area contributed by atoms with E-state index < -0.39 is 5.54 Å². The summed E-state index contributed by atoms with van der Waals surface area (Å²) >= 11 is 0. The van der Waals surface area contributed by atoms with Crippen molar-refractivity contribution in [2.45, 2.75) is 69.0 Å². The first-order valence-electron chi connectivity index (χ1n) is 9.09. The molecule has 1 saturated carbocycles. The number of hydrogen-bond donors (Lipinski definition) is 2. The minimum Gasteiger partial charge on any atom is -0.352 e. The zero-order valence-corrected chi connectivity index (χ0v) is 14.0. The van der Waals surface area contributed by atoms with Crippen molar-refractivity contribution in [3.8, 4) is 0 Å². The number of carbonyl (C=O) groups excluding carboxylic acids is 1. The molecule has 1 amide bonds. The first-order chi connectivity index (χ1) is 10.6. The monoisotopic (exact) mass is 308 g/mol. The average molecular weight is 308 g/mol. The smallest absolute Gasteiger partial charge is 0.240 e. The molecule has 126 valence electrons. The summed E-state index contributed by atoms with van der Waals surface area (Å²) in [5.41, 5.74) is 5.67. The lowest BCUT2D eigenvalue weighted by atomic mass is 9.95. The second kappa shape index (κ2) is 6.85. The lowest BCUT2D eigenvalue weighted by Crippen LogP contribution is -2.57. The van der Waals surface area contributed by atoms with Crippen LogP contribution in [-0.4, -0.2) is 66.6 Å². The van der Waals surface area contributed by atoms with Gasteiger partial charge in [-0.1, -0.05) is 12.8 Å². The van der Waals surface area contributed by atoms with Crippen molar-refractivity contribution in [2.75, 3.05) is 33.2 Å². The maximum atomic E-state index is 12.4. The van der Waals surface area contributed by atoms with E-state index in [0.29, 0.717) is 6.04 Å². The van der Waals surface area contributed by atoms with Crippen molar-refractivity contribution < 1.29 is 4.79 Å². The summed E-state index contributed by atoms with van der Waals surface area (Å²) in [6, 6.07) is 1.08. The highest BCUT2D eigenvalue weighted by Gasteiger charge is 2.38. The average Bonchev–Trinajstić information content (AvgIpc) is 2.97. The van der Waals surface area contributed by atoms with E-state index in [1.54, 1.807) is 0 Å². The standard InChI is InChI=1S/C17H32N4O/c1-20-10-6-15(7-11-20)21-12-4-14(5-13-21)19-16(22)17(18)8-2-3-9-17/h14-15H,2-13,18H2,1H3,(H,19,22). The molecule has 5 heteroatoms. The van der Waals surface area contributed by atoms with Crippen LogP contribution in [0, 0.1) is 0 Å². The molecule has 3 rings (SSSR count). The molecule has 5 nitrogen and oxygen atoms in total. The van der Waals surface area contributed by atoms with Gasteiger partial charge in [-0.3, -0.25) is 4.79 Å². The minimum absolute atomic E-state index is 0.0998. The highest BCUT2D eigenvalue weighted by molar-refractivity contribution is 5.86. The van der Waals surface area contributed by atoms with Gasteiger partial charge in [0.25, 0.3) is 0 Å². The third-order valence-electron chi connectivity index (χ3n) is 6.02. The van der Waals surface area contributed by atoms with E-state index in [1.807, 2.05) is 0 Å². The second-order valence-electron chi connectivity index (χ2n) is 7.68. The molecule has 3 N–H and O–H groups in total. The predicted molar refractivity (Wildman–Crippen MR) is 88.6 cm³/mol. The fourth-order valence-electron chi connectivity index (χ4n) is 4.33. The minimum atomic E-state index is -0.578. The Kier molecular flexibility index (Phi) is 5.05. The molecule has 0 atom stereocenters. The van der Waals surface area contributed by atoms with Crippen LogP contribution in [0.15, 0.2) is 0 Å². The van der Waals surface area contributed by atoms with Crippen LogP contribution in [0.25, 0.3) is 0 Å². The van der Waals surface area contributed by atoms with Crippen molar-refractivity contribution in [1.82, 2.24) is 15.1 Å². The molecule has 2 saturated heterocycles. The maximum Gasteiger partial charge on any atom is 0.240 e. The number of likely N-dealkylation sites (tertiary alicyclic amines) is 2. The highest BCUT2D eigenvalue weighted by Crippen LogP contribution is 2.28. The Morgan fingerprint density at radius 2 is 1.64 bits per heavy atom. The molecule has 0 aromatic rings. The number of nitrogens with one attached hydrogen (secondary N) is 1. The van der Waals surface area contributed by atoms with Crippen LogP contribution in [0.4, 0.5) is 0 Å². The normalized spacial score (nSPS) is 28.8. The van der Waals surface area contributed by atoms with Crippen LogP contribution in [0.3, 0.4) is 0 Å². The van der Waals surface area contributed by atoms with Crippen LogP contribution in [0.5, 0.6) is 0 Å². The largest absolute Gasteiger partial charge is 0.352 e. The number of rotatable bonds is 3. The van der Waals surface area contributed by atoms with Crippen molar-refractivity contribution in [2.24, 2.45) is 5.73 Å². The first kappa shape index (κ1) is 16.2. The fraction of sp³-hybridized carbons (Fsp3) is 0.941. The third-order valence-corrected chi connectivity index (χ3v) is 6.02. The van der Waals surface area contributed by atoms with Crippen molar-refractivity contribution in [3.63, 3.8) is 0 Å². The summed E-state index contributed by atoms with van der Waals surface area (Å²) in [6.07, 6.45) is 8.64. The SMILES string of the molecule is CN1CCC(N2CCC(NC(=O)C3(N)CCCC3)CC2)CC1. The zero-order chi connectivity index (χ0) is 15.6. The number of nitrogens with two attached hydrogens (primary N) is 1. The molecular formula is C17H32N4O. The summed E-state index contributed by atoms with van der Waals surface area (Å²) in [7, 11) is 2.21. The van der Waals surface area contributed by atoms with E-state index in [2.05, 4.69) is 22.2 Å². The summed E-state index contributed by atoms with van der Waals surface area (Å²) in [5, 5.41) is 3.23. The van der Waals surface area contributed by atoms with Crippen molar-refractivity contribution in [3.05, 3.63) is 0 Å². The van der Waals surface area contributed by atoms with Gasteiger partial charge >= 0.3 is 0 Å². The molecule has 0 unspecified atom stereocenters. The van der Waals surface area contributed by atoms with Gasteiger partial charge in [0.2, 0.25) is 5.91 Å². The Morgan fingerprint density at radius 3 is 2.23 bits per heavy atom. The predicted octanol–water partition coefficient (Wildman–Crippen LogP) is 0.933. The van der Waals surface area contributed by atoms with Gasteiger partial charge in [-0.25, -0.2) is 0 Å². The van der Waals surface area contributed by atoms with Gasteiger partial charge in [0, 0.05) is 25.2 Å². The van der Waals surface area contributed by atoms with E-state index in [9.17, 15) is 4.79 Å². The van der Waals surface area contributed by atoms with Crippen molar-refractivity contribution in [1.29, 1.82) is 0 Å². The van der Waals surface area contributed by atoms with Crippen molar-refractivity contribution >= 4 is 5.91 Å². The van der Waals surface area contributed by atoms with Crippen LogP contribution < -0.4 is 11.1 Å². The van der Waals surface area contributed by atoms with Gasteiger partial charge < -0.3 is 20.9 Å². The summed E-state index contributed by atoms with van der Waals surface area (Å²) < 4.78 is 0. The van der Waals surface area contributed by atoms with Crippen LogP contribution in [0.2, 0.25) is 0 Å². The summed E-state index contributed by atoms with van der Waals surface area (Å²) in [6.45, 7) is 4.68. The fourth-order valence-corrected chi connectivity index (χ4v) is 4.33. The summed E-state index contributed by atoms with van der Waals surface area (Å²) in [5.74, 6) is 0.0998. The molecule has 3 fully saturated rings. The van der Waals surface area contributed by atoms with E-state index in [-0.39, 0.29) is 5.91 Å². The van der Waals surface area contributed by atoms with Crippen LogP contribution in [-0.2, 0) is 4.79 Å². The van der Waals surface area contributed by atoms with Gasteiger partial charge in [-0.2, -0.15) is 0 Å². The summed E-state index contributed by atoms with van der Waals surface area (Å²) in [4.78, 5) is 17.5. The van der Waals surface area contributed by atoms with E-state index >= 15 is 0 Å². The maximum absolute atomic E-state index is 12.4. The lowest BCUT2D eigenvalue weighted by Gasteiger charge is -2.41. The molecule has 22 heavy (non-hydrogen) atoms. The first-order valence-corrected chi connectivity index (χ1v) is 9.09. The molecule has 1 aliphatic carbocycles. The Labute approximate surface area is 134 Å². The van der Waals surface area contributed by atoms with Gasteiger partial charge in [0.1, 0.15) is 0 Å². The molecule has 0 bridgehead atoms. The number of nitrogens with zero attached hydrogens (tertiary/aromatic N) is 2. The Bertz CT molecular complexity index is 378. The molecular weight excluding hydrogens is 276 g/mol. The Hall–Kier alpha value is -0.650.